The molecule has 1 aliphatic heterocycles. The summed E-state index contributed by atoms with van der Waals surface area (Å²) in [6.45, 7) is 4.28. The zero-order valence-electron chi connectivity index (χ0n) is 18.7. The van der Waals surface area contributed by atoms with Gasteiger partial charge in [-0.25, -0.2) is 0 Å². The van der Waals surface area contributed by atoms with E-state index >= 15 is 0 Å². The summed E-state index contributed by atoms with van der Waals surface area (Å²) in [4.78, 5) is 20.8. The maximum Gasteiger partial charge on any atom is 0.416 e. The van der Waals surface area contributed by atoms with Crippen LogP contribution in [0.15, 0.2) is 51.4 Å². The number of halogens is 3. The number of nitrogens with one attached hydrogen (secondary N) is 1. The first kappa shape index (κ1) is 22.8. The summed E-state index contributed by atoms with van der Waals surface area (Å²) in [6.07, 6.45) is -4.45. The van der Waals surface area contributed by atoms with Crippen LogP contribution in [0.25, 0.3) is 22.8 Å². The molecule has 0 atom stereocenters. The van der Waals surface area contributed by atoms with E-state index in [1.165, 1.54) is 12.1 Å². The standard InChI is InChI=1S/C23H21F3N6O3/c1-14-5-6-19(34-14)17-12-18(29-28-17)22(33)32-9-7-31(8-10-32)13-20-27-21(30-35-20)15-3-2-4-16(11-15)23(24,25)26/h2-6,11-12H,7-10,13H2,1H3,(H,28,29). The van der Waals surface area contributed by atoms with E-state index in [1.807, 2.05) is 24.0 Å². The fourth-order valence-electron chi connectivity index (χ4n) is 3.87. The van der Waals surface area contributed by atoms with Crippen LogP contribution >= 0.6 is 0 Å². The van der Waals surface area contributed by atoms with Gasteiger partial charge in [-0.05, 0) is 31.2 Å². The van der Waals surface area contributed by atoms with Gasteiger partial charge >= 0.3 is 6.18 Å². The molecule has 182 valence electrons. The number of aromatic amines is 1. The van der Waals surface area contributed by atoms with Crippen LogP contribution < -0.4 is 0 Å². The van der Waals surface area contributed by atoms with E-state index < -0.39 is 11.7 Å². The molecule has 0 spiro atoms. The van der Waals surface area contributed by atoms with Crippen LogP contribution in [0.4, 0.5) is 13.2 Å². The minimum absolute atomic E-state index is 0.0981. The van der Waals surface area contributed by atoms with Crippen LogP contribution in [0.5, 0.6) is 0 Å². The molecular formula is C23H21F3N6O3. The van der Waals surface area contributed by atoms with Crippen molar-refractivity contribution in [3.05, 3.63) is 65.4 Å². The lowest BCUT2D eigenvalue weighted by atomic mass is 10.1. The molecule has 0 radical (unpaired) electrons. The zero-order chi connectivity index (χ0) is 24.6. The maximum atomic E-state index is 13.0. The third kappa shape index (κ3) is 4.97. The predicted octanol–water partition coefficient (Wildman–Crippen LogP) is 4.00. The van der Waals surface area contributed by atoms with E-state index in [2.05, 4.69) is 20.3 Å². The molecule has 9 nitrogen and oxygen atoms in total. The minimum Gasteiger partial charge on any atom is -0.460 e. The van der Waals surface area contributed by atoms with Gasteiger partial charge in [-0.3, -0.25) is 14.8 Å². The average molecular weight is 486 g/mol. The highest BCUT2D eigenvalue weighted by Gasteiger charge is 2.31. The highest BCUT2D eigenvalue weighted by atomic mass is 19.4. The third-order valence-electron chi connectivity index (χ3n) is 5.74. The van der Waals surface area contributed by atoms with Crippen LogP contribution in [-0.4, -0.2) is 62.2 Å². The van der Waals surface area contributed by atoms with Gasteiger partial charge in [-0.15, -0.1) is 0 Å². The summed E-state index contributed by atoms with van der Waals surface area (Å²) in [5.41, 5.74) is 0.400. The van der Waals surface area contributed by atoms with Crippen LogP contribution in [-0.2, 0) is 12.7 Å². The fourth-order valence-corrected chi connectivity index (χ4v) is 3.87. The van der Waals surface area contributed by atoms with E-state index in [9.17, 15) is 18.0 Å². The summed E-state index contributed by atoms with van der Waals surface area (Å²) in [5.74, 6) is 1.59. The number of piperazine rings is 1. The Morgan fingerprint density at radius 3 is 2.63 bits per heavy atom. The van der Waals surface area contributed by atoms with Crippen molar-refractivity contribution >= 4 is 5.91 Å². The molecule has 1 aromatic carbocycles. The SMILES string of the molecule is Cc1ccc(-c2cc(C(=O)N3CCN(Cc4nc(-c5cccc(C(F)(F)F)c5)no4)CC3)n[nH]2)o1. The van der Waals surface area contributed by atoms with E-state index in [0.29, 0.717) is 55.8 Å². The summed E-state index contributed by atoms with van der Waals surface area (Å²) in [7, 11) is 0. The number of nitrogens with zero attached hydrogens (tertiary/aromatic N) is 5. The number of alkyl halides is 3. The van der Waals surface area contributed by atoms with Crippen molar-refractivity contribution in [2.45, 2.75) is 19.6 Å². The van der Waals surface area contributed by atoms with Gasteiger partial charge in [0.15, 0.2) is 11.5 Å². The minimum atomic E-state index is -4.45. The smallest absolute Gasteiger partial charge is 0.416 e. The molecular weight excluding hydrogens is 465 g/mol. The molecule has 35 heavy (non-hydrogen) atoms. The Morgan fingerprint density at radius 1 is 1.11 bits per heavy atom. The normalized spacial score (nSPS) is 15.0. The largest absolute Gasteiger partial charge is 0.460 e. The highest BCUT2D eigenvalue weighted by molar-refractivity contribution is 5.93. The van der Waals surface area contributed by atoms with Crippen LogP contribution in [0, 0.1) is 6.92 Å². The lowest BCUT2D eigenvalue weighted by molar-refractivity contribution is -0.137. The molecule has 0 aliphatic carbocycles. The Hall–Kier alpha value is -3.93. The number of hydrogen-bond donors (Lipinski definition) is 1. The molecule has 3 aromatic heterocycles. The Labute approximate surface area is 197 Å². The molecule has 1 fully saturated rings. The van der Waals surface area contributed by atoms with Crippen LogP contribution in [0.2, 0.25) is 0 Å². The monoisotopic (exact) mass is 486 g/mol. The first-order valence-corrected chi connectivity index (χ1v) is 10.9. The van der Waals surface area contributed by atoms with Gasteiger partial charge in [0.25, 0.3) is 5.91 Å². The Morgan fingerprint density at radius 2 is 1.91 bits per heavy atom. The van der Waals surface area contributed by atoms with Crippen LogP contribution in [0.3, 0.4) is 0 Å². The molecule has 1 saturated heterocycles. The molecule has 1 amide bonds. The highest BCUT2D eigenvalue weighted by Crippen LogP contribution is 2.31. The number of aryl methyl sites for hydroxylation is 1. The molecule has 12 heteroatoms. The number of amides is 1. The number of hydrogen-bond acceptors (Lipinski definition) is 7. The van der Waals surface area contributed by atoms with Crippen molar-refractivity contribution in [2.75, 3.05) is 26.2 Å². The third-order valence-corrected chi connectivity index (χ3v) is 5.74. The van der Waals surface area contributed by atoms with Crippen molar-refractivity contribution < 1.29 is 26.9 Å². The summed E-state index contributed by atoms with van der Waals surface area (Å²) in [5, 5.41) is 10.8. The first-order valence-electron chi connectivity index (χ1n) is 10.9. The van der Waals surface area contributed by atoms with E-state index in [1.54, 1.807) is 11.0 Å². The zero-order valence-corrected chi connectivity index (χ0v) is 18.7. The number of carbonyl (C=O) groups is 1. The van der Waals surface area contributed by atoms with Gasteiger partial charge in [0.2, 0.25) is 11.7 Å². The lowest BCUT2D eigenvalue weighted by Crippen LogP contribution is -2.48. The van der Waals surface area contributed by atoms with E-state index in [4.69, 9.17) is 8.94 Å². The second kappa shape index (κ2) is 9.02. The Bertz CT molecular complexity index is 1330. The van der Waals surface area contributed by atoms with Crippen LogP contribution in [0.1, 0.15) is 27.7 Å². The van der Waals surface area contributed by atoms with Crippen molar-refractivity contribution in [1.29, 1.82) is 0 Å². The number of furan rings is 1. The summed E-state index contributed by atoms with van der Waals surface area (Å²) in [6, 6.07) is 10.1. The first-order chi connectivity index (χ1) is 16.8. The number of benzene rings is 1. The van der Waals surface area contributed by atoms with Gasteiger partial charge < -0.3 is 13.8 Å². The molecule has 5 rings (SSSR count). The summed E-state index contributed by atoms with van der Waals surface area (Å²) < 4.78 is 49.7. The van der Waals surface area contributed by atoms with Crippen molar-refractivity contribution in [2.24, 2.45) is 0 Å². The van der Waals surface area contributed by atoms with E-state index in [-0.39, 0.29) is 17.3 Å². The van der Waals surface area contributed by atoms with Gasteiger partial charge in [0.1, 0.15) is 11.5 Å². The van der Waals surface area contributed by atoms with Gasteiger partial charge in [-0.1, -0.05) is 17.3 Å². The van der Waals surface area contributed by atoms with Gasteiger partial charge in [-0.2, -0.15) is 23.3 Å². The van der Waals surface area contributed by atoms with Crippen molar-refractivity contribution in [1.82, 2.24) is 30.1 Å². The fraction of sp³-hybridized carbons (Fsp3) is 0.304. The second-order valence-electron chi connectivity index (χ2n) is 8.24. The topological polar surface area (TPSA) is 104 Å². The number of rotatable bonds is 5. The molecule has 4 aromatic rings. The Kier molecular flexibility index (Phi) is 5.89. The van der Waals surface area contributed by atoms with E-state index in [0.717, 1.165) is 17.9 Å². The second-order valence-corrected chi connectivity index (χ2v) is 8.24. The maximum absolute atomic E-state index is 13.0. The van der Waals surface area contributed by atoms with Crippen molar-refractivity contribution in [3.63, 3.8) is 0 Å². The lowest BCUT2D eigenvalue weighted by Gasteiger charge is -2.33. The molecule has 0 saturated carbocycles. The van der Waals surface area contributed by atoms with Gasteiger partial charge in [0, 0.05) is 37.8 Å². The number of H-pyrrole nitrogens is 1. The number of aromatic nitrogens is 4. The average Bonchev–Trinajstić information content (AvgIpc) is 3.60. The molecule has 1 aliphatic rings. The molecule has 0 bridgehead atoms. The molecule has 1 N–H and O–H groups in total. The Balaban J connectivity index is 1.17. The quantitative estimate of drug-likeness (QED) is 0.455. The predicted molar refractivity (Wildman–Crippen MR) is 117 cm³/mol. The summed E-state index contributed by atoms with van der Waals surface area (Å²) >= 11 is 0. The number of carbonyl (C=O) groups excluding carboxylic acids is 1. The molecule has 0 unspecified atom stereocenters. The van der Waals surface area contributed by atoms with Crippen molar-refractivity contribution in [3.8, 4) is 22.8 Å². The molecule has 4 heterocycles. The van der Waals surface area contributed by atoms with Gasteiger partial charge in [0.05, 0.1) is 12.1 Å².